The van der Waals surface area contributed by atoms with Crippen LogP contribution in [0, 0.1) is 17.8 Å². The van der Waals surface area contributed by atoms with Crippen molar-refractivity contribution in [2.75, 3.05) is 31.2 Å². The SMILES string of the molecule is C=CCCCCOC(=O)[C@@H]1[C@H]2C(=O)N(CCCCCO)C(C(=O)N(CC=C)c3ccccc3Cl)C23CC(C)[C@@]1(C)O3. The summed E-state index contributed by atoms with van der Waals surface area (Å²) in [6.45, 7) is 12.3. The molecule has 2 amide bonds. The number of esters is 1. The monoisotopic (exact) mass is 586 g/mol. The Morgan fingerprint density at radius 1 is 1.20 bits per heavy atom. The molecule has 6 atom stereocenters. The number of anilines is 1. The lowest BCUT2D eigenvalue weighted by molar-refractivity contribution is -0.161. The summed E-state index contributed by atoms with van der Waals surface area (Å²) in [7, 11) is 0. The largest absolute Gasteiger partial charge is 0.465 e. The van der Waals surface area contributed by atoms with E-state index in [1.165, 1.54) is 0 Å². The van der Waals surface area contributed by atoms with Gasteiger partial charge in [0.15, 0.2) is 0 Å². The summed E-state index contributed by atoms with van der Waals surface area (Å²) >= 11 is 6.54. The number of fused-ring (bicyclic) bond motifs is 1. The summed E-state index contributed by atoms with van der Waals surface area (Å²) in [5, 5.41) is 9.69. The van der Waals surface area contributed by atoms with Crippen molar-refractivity contribution in [1.29, 1.82) is 0 Å². The molecule has 0 aromatic heterocycles. The summed E-state index contributed by atoms with van der Waals surface area (Å²) in [6.07, 6.45) is 8.24. The summed E-state index contributed by atoms with van der Waals surface area (Å²) < 4.78 is 12.5. The molecular formula is C32H43ClN2O6. The van der Waals surface area contributed by atoms with Crippen LogP contribution in [0.15, 0.2) is 49.6 Å². The fourth-order valence-electron chi connectivity index (χ4n) is 7.10. The van der Waals surface area contributed by atoms with E-state index in [2.05, 4.69) is 13.2 Å². The third-order valence-electron chi connectivity index (χ3n) is 9.13. The molecule has 0 aliphatic carbocycles. The zero-order valence-corrected chi connectivity index (χ0v) is 25.0. The van der Waals surface area contributed by atoms with Gasteiger partial charge in [0.25, 0.3) is 5.91 Å². The fraction of sp³-hybridized carbons (Fsp3) is 0.594. The van der Waals surface area contributed by atoms with Crippen LogP contribution in [-0.2, 0) is 23.9 Å². The van der Waals surface area contributed by atoms with Crippen LogP contribution >= 0.6 is 11.6 Å². The number of benzene rings is 1. The van der Waals surface area contributed by atoms with Crippen molar-refractivity contribution in [1.82, 2.24) is 4.90 Å². The summed E-state index contributed by atoms with van der Waals surface area (Å²) in [5.41, 5.74) is -1.59. The number of likely N-dealkylation sites (tertiary alicyclic amines) is 1. The molecule has 1 aromatic rings. The smallest absolute Gasteiger partial charge is 0.312 e. The van der Waals surface area contributed by atoms with Crippen LogP contribution in [0.5, 0.6) is 0 Å². The van der Waals surface area contributed by atoms with Gasteiger partial charge in [0.2, 0.25) is 5.91 Å². The number of para-hydroxylation sites is 1. The molecule has 3 unspecified atom stereocenters. The van der Waals surface area contributed by atoms with Crippen LogP contribution in [0.4, 0.5) is 5.69 Å². The minimum Gasteiger partial charge on any atom is -0.465 e. The number of halogens is 1. The number of hydrogen-bond acceptors (Lipinski definition) is 6. The van der Waals surface area contributed by atoms with Crippen LogP contribution in [-0.4, -0.2) is 71.3 Å². The van der Waals surface area contributed by atoms with Gasteiger partial charge in [-0.25, -0.2) is 0 Å². The zero-order chi connectivity index (χ0) is 29.8. The van der Waals surface area contributed by atoms with Crippen molar-refractivity contribution in [2.24, 2.45) is 17.8 Å². The van der Waals surface area contributed by atoms with E-state index in [0.717, 1.165) is 12.8 Å². The third kappa shape index (κ3) is 5.58. The number of aliphatic hydroxyl groups is 1. The number of carbonyl (C=O) groups is 3. The molecule has 3 heterocycles. The second-order valence-corrected chi connectivity index (χ2v) is 12.1. The second-order valence-electron chi connectivity index (χ2n) is 11.7. The molecule has 0 radical (unpaired) electrons. The molecular weight excluding hydrogens is 544 g/mol. The first-order valence-corrected chi connectivity index (χ1v) is 15.1. The number of nitrogens with zero attached hydrogens (tertiary/aromatic N) is 2. The number of unbranched alkanes of at least 4 members (excludes halogenated alkanes) is 4. The van der Waals surface area contributed by atoms with Gasteiger partial charge < -0.3 is 24.4 Å². The minimum absolute atomic E-state index is 0.0577. The van der Waals surface area contributed by atoms with Crippen LogP contribution in [0.1, 0.15) is 58.8 Å². The summed E-state index contributed by atoms with van der Waals surface area (Å²) in [5.74, 6) is -2.74. The summed E-state index contributed by atoms with van der Waals surface area (Å²) in [6, 6.07) is 6.14. The molecule has 9 heteroatoms. The van der Waals surface area contributed by atoms with E-state index in [4.69, 9.17) is 21.1 Å². The Balaban J connectivity index is 1.72. The Labute approximate surface area is 248 Å². The lowest BCUT2D eigenvalue weighted by Gasteiger charge is -2.37. The second kappa shape index (κ2) is 13.1. The number of aliphatic hydroxyl groups excluding tert-OH is 1. The standard InChI is InChI=1S/C32H43ClN2O6/c1-5-7-8-14-20-40-30(39)26-25-28(37)35(18-12-9-13-19-36)27(32(25)21-22(3)31(26,4)41-32)29(38)34(17-6-2)24-16-11-10-15-23(24)33/h5-6,10-11,15-16,22,25-27,36H,1-2,7-9,12-14,17-21H2,3-4H3/t22?,25-,26-,27?,31+,32?/m0/s1. The zero-order valence-electron chi connectivity index (χ0n) is 24.2. The van der Waals surface area contributed by atoms with E-state index in [0.29, 0.717) is 49.4 Å². The normalized spacial score (nSPS) is 29.9. The Hall–Kier alpha value is -2.68. The van der Waals surface area contributed by atoms with Crippen LogP contribution in [0.2, 0.25) is 5.02 Å². The quantitative estimate of drug-likeness (QED) is 0.178. The van der Waals surface area contributed by atoms with Crippen LogP contribution < -0.4 is 4.90 Å². The molecule has 8 nitrogen and oxygen atoms in total. The first kappa shape index (κ1) is 31.3. The third-order valence-corrected chi connectivity index (χ3v) is 9.45. The van der Waals surface area contributed by atoms with E-state index in [9.17, 15) is 19.5 Å². The molecule has 224 valence electrons. The molecule has 1 N–H and O–H groups in total. The molecule has 2 bridgehead atoms. The van der Waals surface area contributed by atoms with E-state index in [1.807, 2.05) is 19.9 Å². The topological polar surface area (TPSA) is 96.4 Å². The van der Waals surface area contributed by atoms with Crippen molar-refractivity contribution < 1.29 is 29.0 Å². The van der Waals surface area contributed by atoms with Crippen molar-refractivity contribution in [3.63, 3.8) is 0 Å². The molecule has 3 saturated heterocycles. The molecule has 3 fully saturated rings. The highest BCUT2D eigenvalue weighted by atomic mass is 35.5. The number of rotatable bonds is 15. The number of amides is 2. The van der Waals surface area contributed by atoms with Gasteiger partial charge in [-0.1, -0.05) is 42.8 Å². The highest BCUT2D eigenvalue weighted by Crippen LogP contribution is 2.65. The molecule has 3 aliphatic heterocycles. The van der Waals surface area contributed by atoms with E-state index in [1.54, 1.807) is 40.1 Å². The fourth-order valence-corrected chi connectivity index (χ4v) is 7.33. The molecule has 3 aliphatic rings. The van der Waals surface area contributed by atoms with Crippen LogP contribution in [0.3, 0.4) is 0 Å². The van der Waals surface area contributed by atoms with Gasteiger partial charge in [0, 0.05) is 19.7 Å². The van der Waals surface area contributed by atoms with Gasteiger partial charge >= 0.3 is 5.97 Å². The predicted molar refractivity (Wildman–Crippen MR) is 158 cm³/mol. The lowest BCUT2D eigenvalue weighted by Crippen LogP contribution is -2.57. The Bertz CT molecular complexity index is 1160. The maximum atomic E-state index is 14.6. The number of carbonyl (C=O) groups excluding carboxylic acids is 3. The first-order valence-electron chi connectivity index (χ1n) is 14.7. The maximum absolute atomic E-state index is 14.6. The van der Waals surface area contributed by atoms with Gasteiger partial charge in [-0.05, 0) is 69.9 Å². The van der Waals surface area contributed by atoms with Gasteiger partial charge in [-0.15, -0.1) is 13.2 Å². The lowest BCUT2D eigenvalue weighted by atomic mass is 9.62. The Kier molecular flexibility index (Phi) is 9.98. The first-order chi connectivity index (χ1) is 19.7. The van der Waals surface area contributed by atoms with Gasteiger partial charge in [0.1, 0.15) is 17.6 Å². The molecule has 4 rings (SSSR count). The maximum Gasteiger partial charge on any atom is 0.312 e. The molecule has 1 aromatic carbocycles. The van der Waals surface area contributed by atoms with Gasteiger partial charge in [-0.2, -0.15) is 0 Å². The summed E-state index contributed by atoms with van der Waals surface area (Å²) in [4.78, 5) is 45.7. The Morgan fingerprint density at radius 2 is 1.95 bits per heavy atom. The van der Waals surface area contributed by atoms with Crippen molar-refractivity contribution >= 4 is 35.1 Å². The molecule has 0 saturated carbocycles. The van der Waals surface area contributed by atoms with Gasteiger partial charge in [0.05, 0.1) is 28.8 Å². The number of allylic oxidation sites excluding steroid dienone is 1. The molecule has 1 spiro atoms. The van der Waals surface area contributed by atoms with Gasteiger partial charge in [-0.3, -0.25) is 14.4 Å². The van der Waals surface area contributed by atoms with E-state index >= 15 is 0 Å². The van der Waals surface area contributed by atoms with Crippen molar-refractivity contribution in [3.05, 3.63) is 54.6 Å². The highest BCUT2D eigenvalue weighted by Gasteiger charge is 2.80. The minimum atomic E-state index is -1.17. The van der Waals surface area contributed by atoms with Crippen LogP contribution in [0.25, 0.3) is 0 Å². The molecule has 41 heavy (non-hydrogen) atoms. The average molecular weight is 587 g/mol. The van der Waals surface area contributed by atoms with Crippen molar-refractivity contribution in [2.45, 2.75) is 76.0 Å². The van der Waals surface area contributed by atoms with E-state index in [-0.39, 0.29) is 37.5 Å². The van der Waals surface area contributed by atoms with E-state index < -0.39 is 35.0 Å². The number of hydrogen-bond donors (Lipinski definition) is 1. The highest BCUT2D eigenvalue weighted by molar-refractivity contribution is 6.34. The van der Waals surface area contributed by atoms with Crippen molar-refractivity contribution in [3.8, 4) is 0 Å². The Morgan fingerprint density at radius 3 is 2.63 bits per heavy atom. The predicted octanol–water partition coefficient (Wildman–Crippen LogP) is 4.93. The average Bonchev–Trinajstić information content (AvgIpc) is 3.46. The number of ether oxygens (including phenoxy) is 2.